The number of halogens is 1. The first-order chi connectivity index (χ1) is 12.4. The zero-order chi connectivity index (χ0) is 17.0. The van der Waals surface area contributed by atoms with Crippen molar-refractivity contribution in [2.45, 2.75) is 37.8 Å². The Hall–Kier alpha value is -1.62. The fraction of sp³-hybridized carbons (Fsp3) is 0.250. The Bertz CT molecular complexity index is 684. The van der Waals surface area contributed by atoms with E-state index < -0.39 is 7.26 Å². The SMILES string of the molecule is Cl.c1ccc([PH](c2ccccc2)(c2ccccc2)C2CCCCC2)cc1. The molecule has 0 unspecified atom stereocenters. The van der Waals surface area contributed by atoms with Crippen LogP contribution in [0.4, 0.5) is 0 Å². The second kappa shape index (κ2) is 8.85. The fourth-order valence-corrected chi connectivity index (χ4v) is 10.7. The number of rotatable bonds is 4. The van der Waals surface area contributed by atoms with Crippen LogP contribution in [-0.2, 0) is 0 Å². The van der Waals surface area contributed by atoms with E-state index in [1.54, 1.807) is 15.9 Å². The van der Waals surface area contributed by atoms with Gasteiger partial charge in [0, 0.05) is 0 Å². The normalized spacial score (nSPS) is 15.8. The van der Waals surface area contributed by atoms with Gasteiger partial charge in [-0.05, 0) is 0 Å². The zero-order valence-electron chi connectivity index (χ0n) is 15.2. The molecule has 1 aliphatic rings. The Morgan fingerprint density at radius 2 is 0.846 bits per heavy atom. The van der Waals surface area contributed by atoms with Crippen LogP contribution >= 0.6 is 19.7 Å². The molecule has 0 aliphatic heterocycles. The Kier molecular flexibility index (Phi) is 6.52. The third-order valence-electron chi connectivity index (χ3n) is 5.90. The van der Waals surface area contributed by atoms with Crippen molar-refractivity contribution in [3.05, 3.63) is 91.0 Å². The van der Waals surface area contributed by atoms with Crippen molar-refractivity contribution in [2.24, 2.45) is 0 Å². The van der Waals surface area contributed by atoms with Crippen molar-refractivity contribution in [3.63, 3.8) is 0 Å². The molecule has 3 aromatic carbocycles. The molecule has 0 radical (unpaired) electrons. The molecule has 4 rings (SSSR count). The van der Waals surface area contributed by atoms with Gasteiger partial charge in [0.15, 0.2) is 0 Å². The summed E-state index contributed by atoms with van der Waals surface area (Å²) in [7, 11) is -2.02. The van der Waals surface area contributed by atoms with Crippen LogP contribution in [0.5, 0.6) is 0 Å². The van der Waals surface area contributed by atoms with Crippen molar-refractivity contribution >= 4 is 35.6 Å². The molecule has 0 N–H and O–H groups in total. The summed E-state index contributed by atoms with van der Waals surface area (Å²) in [6.07, 6.45) is 6.90. The summed E-state index contributed by atoms with van der Waals surface area (Å²) in [6.45, 7) is 0. The monoisotopic (exact) mass is 382 g/mol. The van der Waals surface area contributed by atoms with Crippen LogP contribution in [0.2, 0.25) is 0 Å². The minimum atomic E-state index is -2.02. The number of hydrogen-bond donors (Lipinski definition) is 0. The molecule has 136 valence electrons. The molecule has 3 aromatic rings. The van der Waals surface area contributed by atoms with Crippen LogP contribution in [0.25, 0.3) is 0 Å². The van der Waals surface area contributed by atoms with Gasteiger partial charge in [-0.1, -0.05) is 0 Å². The summed E-state index contributed by atoms with van der Waals surface area (Å²) < 4.78 is 0. The topological polar surface area (TPSA) is 0 Å². The fourth-order valence-electron chi connectivity index (χ4n) is 4.85. The third-order valence-corrected chi connectivity index (χ3v) is 11.4. The summed E-state index contributed by atoms with van der Waals surface area (Å²) in [6, 6.07) is 34.2. The van der Waals surface area contributed by atoms with Gasteiger partial charge in [0.05, 0.1) is 0 Å². The molecule has 0 bridgehead atoms. The van der Waals surface area contributed by atoms with E-state index in [9.17, 15) is 0 Å². The average Bonchev–Trinajstić information content (AvgIpc) is 2.72. The standard InChI is InChI=1S/C24H27P.ClH/c1-5-13-21(14-6-1)25(22-15-7-2-8-16-22,23-17-9-3-10-18-23)24-19-11-4-12-20-24;/h1-3,5-10,13-18,24-25H,4,11-12,19-20H2;1H. The molecule has 0 amide bonds. The molecule has 0 saturated heterocycles. The number of hydrogen-bond acceptors (Lipinski definition) is 0. The molecular formula is C24H28ClP. The van der Waals surface area contributed by atoms with Crippen LogP contribution in [0.1, 0.15) is 32.1 Å². The first-order valence-electron chi connectivity index (χ1n) is 9.59. The molecule has 1 aliphatic carbocycles. The molecule has 1 saturated carbocycles. The molecule has 0 atom stereocenters. The van der Waals surface area contributed by atoms with Gasteiger partial charge in [0.2, 0.25) is 0 Å². The van der Waals surface area contributed by atoms with Gasteiger partial charge < -0.3 is 0 Å². The van der Waals surface area contributed by atoms with E-state index in [0.717, 1.165) is 5.66 Å². The van der Waals surface area contributed by atoms with Gasteiger partial charge in [-0.25, -0.2) is 0 Å². The maximum atomic E-state index is 2.39. The molecular weight excluding hydrogens is 355 g/mol. The van der Waals surface area contributed by atoms with Gasteiger partial charge in [-0.2, -0.15) is 0 Å². The average molecular weight is 383 g/mol. The van der Waals surface area contributed by atoms with E-state index in [-0.39, 0.29) is 12.4 Å². The minimum absolute atomic E-state index is 0. The molecule has 0 heterocycles. The van der Waals surface area contributed by atoms with Crippen LogP contribution < -0.4 is 15.9 Å². The van der Waals surface area contributed by atoms with Crippen LogP contribution in [0, 0.1) is 0 Å². The van der Waals surface area contributed by atoms with Gasteiger partial charge in [-0.3, -0.25) is 0 Å². The van der Waals surface area contributed by atoms with E-state index in [1.165, 1.54) is 32.1 Å². The first-order valence-corrected chi connectivity index (χ1v) is 11.7. The van der Waals surface area contributed by atoms with E-state index >= 15 is 0 Å². The molecule has 1 fully saturated rings. The maximum absolute atomic E-state index is 2.39. The van der Waals surface area contributed by atoms with Gasteiger partial charge in [-0.15, -0.1) is 12.4 Å². The molecule has 0 aromatic heterocycles. The van der Waals surface area contributed by atoms with Crippen molar-refractivity contribution in [1.82, 2.24) is 0 Å². The Morgan fingerprint density at radius 3 is 1.19 bits per heavy atom. The predicted molar refractivity (Wildman–Crippen MR) is 121 cm³/mol. The van der Waals surface area contributed by atoms with Gasteiger partial charge in [0.1, 0.15) is 0 Å². The third kappa shape index (κ3) is 3.46. The molecule has 0 spiro atoms. The quantitative estimate of drug-likeness (QED) is 0.525. The van der Waals surface area contributed by atoms with E-state index in [4.69, 9.17) is 0 Å². The van der Waals surface area contributed by atoms with Crippen molar-refractivity contribution in [1.29, 1.82) is 0 Å². The first kappa shape index (κ1) is 19.2. The van der Waals surface area contributed by atoms with Crippen molar-refractivity contribution in [3.8, 4) is 0 Å². The summed E-state index contributed by atoms with van der Waals surface area (Å²) in [5.41, 5.74) is 0.786. The van der Waals surface area contributed by atoms with Crippen LogP contribution in [-0.4, -0.2) is 5.66 Å². The zero-order valence-corrected chi connectivity index (χ0v) is 17.0. The molecule has 0 nitrogen and oxygen atoms in total. The Morgan fingerprint density at radius 1 is 0.500 bits per heavy atom. The molecule has 2 heteroatoms. The Balaban J connectivity index is 0.00000196. The van der Waals surface area contributed by atoms with E-state index in [0.29, 0.717) is 0 Å². The summed E-state index contributed by atoms with van der Waals surface area (Å²) in [5, 5.41) is 4.71. The summed E-state index contributed by atoms with van der Waals surface area (Å²) in [5.74, 6) is 0. The summed E-state index contributed by atoms with van der Waals surface area (Å²) in [4.78, 5) is 0. The second-order valence-electron chi connectivity index (χ2n) is 7.24. The van der Waals surface area contributed by atoms with Gasteiger partial charge in [0.25, 0.3) is 0 Å². The Labute approximate surface area is 164 Å². The van der Waals surface area contributed by atoms with Crippen molar-refractivity contribution in [2.75, 3.05) is 0 Å². The van der Waals surface area contributed by atoms with Crippen LogP contribution in [0.3, 0.4) is 0 Å². The van der Waals surface area contributed by atoms with E-state index in [2.05, 4.69) is 91.0 Å². The predicted octanol–water partition coefficient (Wildman–Crippen LogP) is 5.47. The van der Waals surface area contributed by atoms with Gasteiger partial charge >= 0.3 is 152 Å². The van der Waals surface area contributed by atoms with Crippen molar-refractivity contribution < 1.29 is 0 Å². The summed E-state index contributed by atoms with van der Waals surface area (Å²) >= 11 is 0. The number of benzene rings is 3. The second-order valence-corrected chi connectivity index (χ2v) is 11.4. The van der Waals surface area contributed by atoms with E-state index in [1.807, 2.05) is 0 Å². The molecule has 26 heavy (non-hydrogen) atoms. The van der Waals surface area contributed by atoms with Crippen LogP contribution in [0.15, 0.2) is 91.0 Å².